The number of anilines is 1. The highest BCUT2D eigenvalue weighted by Gasteiger charge is 2.33. The fourth-order valence-corrected chi connectivity index (χ4v) is 2.45. The monoisotopic (exact) mass is 336 g/mol. The van der Waals surface area contributed by atoms with Crippen molar-refractivity contribution in [2.24, 2.45) is 11.7 Å². The summed E-state index contributed by atoms with van der Waals surface area (Å²) >= 11 is 0. The average molecular weight is 336 g/mol. The summed E-state index contributed by atoms with van der Waals surface area (Å²) in [6.07, 6.45) is -4.46. The van der Waals surface area contributed by atoms with Crippen LogP contribution in [0.25, 0.3) is 0 Å². The van der Waals surface area contributed by atoms with Gasteiger partial charge in [-0.15, -0.1) is 0 Å². The molecule has 0 saturated heterocycles. The molecule has 6 heteroatoms. The van der Waals surface area contributed by atoms with Crippen molar-refractivity contribution in [1.29, 1.82) is 0 Å². The Bertz CT molecular complexity index is 714. The van der Waals surface area contributed by atoms with E-state index in [2.05, 4.69) is 5.32 Å². The minimum atomic E-state index is -4.46. The minimum absolute atomic E-state index is 0.0150. The third-order valence-electron chi connectivity index (χ3n) is 4.03. The first-order chi connectivity index (χ1) is 11.2. The number of nitrogens with two attached hydrogens (primary N) is 1. The van der Waals surface area contributed by atoms with Gasteiger partial charge < -0.3 is 11.1 Å². The molecule has 0 aliphatic heterocycles. The second kappa shape index (κ2) is 7.05. The molecular weight excluding hydrogens is 317 g/mol. The molecule has 3 nitrogen and oxygen atoms in total. The number of carbonyl (C=O) groups excluding carboxylic acids is 1. The van der Waals surface area contributed by atoms with Crippen molar-refractivity contribution in [1.82, 2.24) is 0 Å². The van der Waals surface area contributed by atoms with E-state index < -0.39 is 29.6 Å². The summed E-state index contributed by atoms with van der Waals surface area (Å²) in [6.45, 7) is 2.98. The first-order valence-electron chi connectivity index (χ1n) is 7.50. The van der Waals surface area contributed by atoms with Crippen molar-refractivity contribution in [3.63, 3.8) is 0 Å². The molecule has 0 aromatic heterocycles. The normalized spacial score (nSPS) is 14.1. The maximum absolute atomic E-state index is 12.9. The maximum atomic E-state index is 12.9. The van der Waals surface area contributed by atoms with E-state index in [1.165, 1.54) is 19.1 Å². The van der Waals surface area contributed by atoms with Gasteiger partial charge in [-0.1, -0.05) is 43.3 Å². The predicted octanol–water partition coefficient (Wildman–Crippen LogP) is 4.29. The smallest absolute Gasteiger partial charge is 0.326 e. The highest BCUT2D eigenvalue weighted by molar-refractivity contribution is 5.93. The van der Waals surface area contributed by atoms with Crippen molar-refractivity contribution < 1.29 is 18.0 Å². The molecule has 0 aliphatic rings. The maximum Gasteiger partial charge on any atom is 0.416 e. The number of alkyl halides is 3. The van der Waals surface area contributed by atoms with Crippen LogP contribution in [0.2, 0.25) is 0 Å². The van der Waals surface area contributed by atoms with Gasteiger partial charge in [-0.2, -0.15) is 13.2 Å². The Hall–Kier alpha value is -2.34. The second-order valence-corrected chi connectivity index (χ2v) is 5.69. The van der Waals surface area contributed by atoms with Crippen LogP contribution in [0.15, 0.2) is 48.5 Å². The van der Waals surface area contributed by atoms with E-state index in [4.69, 9.17) is 5.73 Å². The highest BCUT2D eigenvalue weighted by atomic mass is 19.4. The third kappa shape index (κ3) is 3.94. The van der Waals surface area contributed by atoms with Gasteiger partial charge in [0.1, 0.15) is 0 Å². The van der Waals surface area contributed by atoms with Gasteiger partial charge in [0.25, 0.3) is 0 Å². The largest absolute Gasteiger partial charge is 0.416 e. The molecule has 128 valence electrons. The van der Waals surface area contributed by atoms with E-state index in [9.17, 15) is 18.0 Å². The van der Waals surface area contributed by atoms with Gasteiger partial charge in [-0.25, -0.2) is 0 Å². The van der Waals surface area contributed by atoms with Gasteiger partial charge in [0.15, 0.2) is 0 Å². The van der Waals surface area contributed by atoms with Crippen LogP contribution >= 0.6 is 0 Å². The van der Waals surface area contributed by atoms with E-state index in [1.54, 1.807) is 6.92 Å². The van der Waals surface area contributed by atoms with Crippen LogP contribution in [0.5, 0.6) is 0 Å². The number of hydrogen-bond acceptors (Lipinski definition) is 2. The summed E-state index contributed by atoms with van der Waals surface area (Å²) in [4.78, 5) is 12.4. The summed E-state index contributed by atoms with van der Waals surface area (Å²) < 4.78 is 38.8. The lowest BCUT2D eigenvalue weighted by Gasteiger charge is -2.21. The molecule has 0 aliphatic carbocycles. The summed E-state index contributed by atoms with van der Waals surface area (Å²) in [6, 6.07) is 12.3. The Labute approximate surface area is 138 Å². The lowest BCUT2D eigenvalue weighted by atomic mass is 9.94. The van der Waals surface area contributed by atoms with Crippen LogP contribution in [0.3, 0.4) is 0 Å². The molecule has 0 saturated carbocycles. The van der Waals surface area contributed by atoms with Crippen molar-refractivity contribution >= 4 is 11.6 Å². The van der Waals surface area contributed by atoms with Gasteiger partial charge in [-0.3, -0.25) is 4.79 Å². The van der Waals surface area contributed by atoms with Gasteiger partial charge >= 0.3 is 6.18 Å². The number of amides is 1. The first-order valence-corrected chi connectivity index (χ1v) is 7.50. The quantitative estimate of drug-likeness (QED) is 0.875. The molecule has 24 heavy (non-hydrogen) atoms. The molecule has 0 spiro atoms. The van der Waals surface area contributed by atoms with Crippen LogP contribution in [-0.2, 0) is 11.0 Å². The van der Waals surface area contributed by atoms with Gasteiger partial charge in [-0.05, 0) is 30.2 Å². The van der Waals surface area contributed by atoms with Gasteiger partial charge in [0.05, 0.1) is 11.5 Å². The molecule has 2 atom stereocenters. The Morgan fingerprint density at radius 1 is 1.08 bits per heavy atom. The molecule has 2 aromatic rings. The van der Waals surface area contributed by atoms with E-state index >= 15 is 0 Å². The standard InChI is InChI=1S/C18H19F3N2O/c1-11-14(18(19,20)21)9-6-10-15(11)23-17(24)12(2)16(22)13-7-4-3-5-8-13/h3-10,12,16H,22H2,1-2H3,(H,23,24). The molecular formula is C18H19F3N2O. The summed E-state index contributed by atoms with van der Waals surface area (Å²) in [5.41, 5.74) is 6.24. The second-order valence-electron chi connectivity index (χ2n) is 5.69. The SMILES string of the molecule is Cc1c(NC(=O)C(C)C(N)c2ccccc2)cccc1C(F)(F)F. The average Bonchev–Trinajstić information content (AvgIpc) is 2.55. The topological polar surface area (TPSA) is 55.1 Å². The summed E-state index contributed by atoms with van der Waals surface area (Å²) in [5.74, 6) is -1.02. The number of rotatable bonds is 4. The fraction of sp³-hybridized carbons (Fsp3) is 0.278. The summed E-state index contributed by atoms with van der Waals surface area (Å²) in [5, 5.41) is 2.55. The van der Waals surface area contributed by atoms with Crippen molar-refractivity contribution in [2.75, 3.05) is 5.32 Å². The fourth-order valence-electron chi connectivity index (χ4n) is 2.45. The number of benzene rings is 2. The molecule has 2 rings (SSSR count). The lowest BCUT2D eigenvalue weighted by molar-refractivity contribution is -0.138. The van der Waals surface area contributed by atoms with E-state index in [0.717, 1.165) is 11.6 Å². The van der Waals surface area contributed by atoms with E-state index in [-0.39, 0.29) is 11.3 Å². The van der Waals surface area contributed by atoms with Crippen LogP contribution in [-0.4, -0.2) is 5.91 Å². The Morgan fingerprint density at radius 2 is 1.71 bits per heavy atom. The highest BCUT2D eigenvalue weighted by Crippen LogP contribution is 2.34. The van der Waals surface area contributed by atoms with E-state index in [1.807, 2.05) is 30.3 Å². The zero-order valence-corrected chi connectivity index (χ0v) is 13.4. The van der Waals surface area contributed by atoms with Crippen LogP contribution in [0, 0.1) is 12.8 Å². The first kappa shape index (κ1) is 18.0. The molecule has 2 aromatic carbocycles. The predicted molar refractivity (Wildman–Crippen MR) is 87.3 cm³/mol. The molecule has 0 fully saturated rings. The van der Waals surface area contributed by atoms with Crippen molar-refractivity contribution in [3.05, 3.63) is 65.2 Å². The molecule has 3 N–H and O–H groups in total. The van der Waals surface area contributed by atoms with Gasteiger partial charge in [0.2, 0.25) is 5.91 Å². The zero-order chi connectivity index (χ0) is 17.9. The molecule has 0 radical (unpaired) electrons. The lowest BCUT2D eigenvalue weighted by Crippen LogP contribution is -2.30. The van der Waals surface area contributed by atoms with Crippen molar-refractivity contribution in [2.45, 2.75) is 26.1 Å². The number of hydrogen-bond donors (Lipinski definition) is 2. The number of carbonyl (C=O) groups is 1. The van der Waals surface area contributed by atoms with Crippen LogP contribution in [0.4, 0.5) is 18.9 Å². The Morgan fingerprint density at radius 3 is 2.29 bits per heavy atom. The molecule has 0 bridgehead atoms. The zero-order valence-electron chi connectivity index (χ0n) is 13.4. The molecule has 2 unspecified atom stereocenters. The number of halogens is 3. The third-order valence-corrected chi connectivity index (χ3v) is 4.03. The minimum Gasteiger partial charge on any atom is -0.326 e. The van der Waals surface area contributed by atoms with Gasteiger partial charge in [0, 0.05) is 11.7 Å². The molecule has 1 amide bonds. The van der Waals surface area contributed by atoms with Crippen molar-refractivity contribution in [3.8, 4) is 0 Å². The Kier molecular flexibility index (Phi) is 5.29. The Balaban J connectivity index is 2.18. The summed E-state index contributed by atoms with van der Waals surface area (Å²) in [7, 11) is 0. The number of nitrogens with one attached hydrogen (secondary N) is 1. The molecule has 0 heterocycles. The van der Waals surface area contributed by atoms with Crippen LogP contribution in [0.1, 0.15) is 29.7 Å². The van der Waals surface area contributed by atoms with Crippen LogP contribution < -0.4 is 11.1 Å². The van der Waals surface area contributed by atoms with E-state index in [0.29, 0.717) is 0 Å².